The van der Waals surface area contributed by atoms with Crippen molar-refractivity contribution in [3.63, 3.8) is 0 Å². The van der Waals surface area contributed by atoms with Crippen LogP contribution in [0.1, 0.15) is 24.1 Å². The summed E-state index contributed by atoms with van der Waals surface area (Å²) in [6.07, 6.45) is 1.66. The molecule has 0 saturated heterocycles. The molecule has 0 saturated carbocycles. The van der Waals surface area contributed by atoms with E-state index >= 15 is 0 Å². The van der Waals surface area contributed by atoms with Crippen LogP contribution in [0.15, 0.2) is 82.9 Å². The van der Waals surface area contributed by atoms with E-state index in [0.29, 0.717) is 21.9 Å². The minimum atomic E-state index is -0.204. The summed E-state index contributed by atoms with van der Waals surface area (Å²) in [5, 5.41) is 3.94. The Morgan fingerprint density at radius 3 is 2.61 bits per heavy atom. The molecule has 31 heavy (non-hydrogen) atoms. The Kier molecular flexibility index (Phi) is 6.13. The van der Waals surface area contributed by atoms with Gasteiger partial charge in [0.1, 0.15) is 5.82 Å². The molecular weight excluding hydrogens is 408 g/mol. The van der Waals surface area contributed by atoms with Crippen molar-refractivity contribution < 1.29 is 4.79 Å². The molecular formula is C24H22N4O2S. The Hall–Kier alpha value is -3.45. The average molecular weight is 431 g/mol. The molecule has 2 heterocycles. The third-order valence-electron chi connectivity index (χ3n) is 4.88. The minimum Gasteiger partial charge on any atom is -0.349 e. The molecule has 1 unspecified atom stereocenters. The number of amides is 1. The van der Waals surface area contributed by atoms with Gasteiger partial charge in [0.25, 0.3) is 5.56 Å². The molecule has 0 aliphatic heterocycles. The number of fused-ring (bicyclic) bond motifs is 1. The van der Waals surface area contributed by atoms with Gasteiger partial charge in [-0.1, -0.05) is 54.2 Å². The van der Waals surface area contributed by atoms with E-state index in [0.717, 1.165) is 11.1 Å². The number of para-hydroxylation sites is 1. The summed E-state index contributed by atoms with van der Waals surface area (Å²) in [5.74, 6) is 0.490. The molecule has 6 nitrogen and oxygen atoms in total. The average Bonchev–Trinajstić information content (AvgIpc) is 2.78. The van der Waals surface area contributed by atoms with E-state index in [1.54, 1.807) is 18.3 Å². The first kappa shape index (κ1) is 20.8. The van der Waals surface area contributed by atoms with E-state index in [1.807, 2.05) is 68.4 Å². The predicted octanol–water partition coefficient (Wildman–Crippen LogP) is 4.06. The minimum absolute atomic E-state index is 0.112. The van der Waals surface area contributed by atoms with Crippen LogP contribution in [0.2, 0.25) is 0 Å². The molecule has 2 aromatic carbocycles. The first-order valence-electron chi connectivity index (χ1n) is 9.95. The van der Waals surface area contributed by atoms with E-state index in [4.69, 9.17) is 0 Å². The lowest BCUT2D eigenvalue weighted by molar-refractivity contribution is -0.119. The zero-order valence-electron chi connectivity index (χ0n) is 17.3. The van der Waals surface area contributed by atoms with Crippen molar-refractivity contribution >= 4 is 28.6 Å². The van der Waals surface area contributed by atoms with Gasteiger partial charge < -0.3 is 5.32 Å². The maximum atomic E-state index is 13.2. The summed E-state index contributed by atoms with van der Waals surface area (Å²) >= 11 is 1.22. The number of hydrogen-bond acceptors (Lipinski definition) is 5. The molecule has 1 atom stereocenters. The Balaban J connectivity index is 1.63. The zero-order chi connectivity index (χ0) is 21.8. The maximum Gasteiger partial charge on any atom is 0.267 e. The van der Waals surface area contributed by atoms with Crippen molar-refractivity contribution in [3.8, 4) is 5.82 Å². The highest BCUT2D eigenvalue weighted by Crippen LogP contribution is 2.21. The number of carbonyl (C=O) groups is 1. The molecule has 0 radical (unpaired) electrons. The van der Waals surface area contributed by atoms with Crippen molar-refractivity contribution in [2.45, 2.75) is 25.0 Å². The topological polar surface area (TPSA) is 76.9 Å². The number of rotatable bonds is 6. The monoisotopic (exact) mass is 430 g/mol. The highest BCUT2D eigenvalue weighted by molar-refractivity contribution is 7.99. The summed E-state index contributed by atoms with van der Waals surface area (Å²) in [5.41, 5.74) is 2.40. The molecule has 4 rings (SSSR count). The third-order valence-corrected chi connectivity index (χ3v) is 5.82. The van der Waals surface area contributed by atoms with E-state index < -0.39 is 0 Å². The van der Waals surface area contributed by atoms with Gasteiger partial charge in [-0.2, -0.15) is 0 Å². The van der Waals surface area contributed by atoms with Crippen LogP contribution in [-0.4, -0.2) is 26.2 Å². The molecule has 7 heteroatoms. The predicted molar refractivity (Wildman–Crippen MR) is 124 cm³/mol. The van der Waals surface area contributed by atoms with Gasteiger partial charge in [0.2, 0.25) is 5.91 Å². The third kappa shape index (κ3) is 4.67. The van der Waals surface area contributed by atoms with Gasteiger partial charge in [-0.05, 0) is 49.2 Å². The second-order valence-corrected chi connectivity index (χ2v) is 8.17. The van der Waals surface area contributed by atoms with Crippen LogP contribution in [-0.2, 0) is 4.79 Å². The fourth-order valence-electron chi connectivity index (χ4n) is 3.29. The molecule has 156 valence electrons. The number of nitrogens with one attached hydrogen (secondary N) is 1. The molecule has 0 spiro atoms. The van der Waals surface area contributed by atoms with Gasteiger partial charge >= 0.3 is 0 Å². The number of nitrogens with zero attached hydrogens (tertiary/aromatic N) is 3. The summed E-state index contributed by atoms with van der Waals surface area (Å²) in [6, 6.07) is 20.6. The van der Waals surface area contributed by atoms with Gasteiger partial charge in [-0.25, -0.2) is 14.5 Å². The SMILES string of the molecule is Cc1ccnc(-n2c(SCC(=O)NC(C)c3ccccc3)nc3ccccc3c2=O)c1. The number of carbonyl (C=O) groups excluding carboxylic acids is 1. The standard InChI is InChI=1S/C24H22N4O2S/c1-16-12-13-25-21(14-16)28-23(30)19-10-6-7-11-20(19)27-24(28)31-15-22(29)26-17(2)18-8-4-3-5-9-18/h3-14,17H,15H2,1-2H3,(H,26,29). The van der Waals surface area contributed by atoms with Crippen LogP contribution in [0.25, 0.3) is 16.7 Å². The summed E-state index contributed by atoms with van der Waals surface area (Å²) in [4.78, 5) is 34.8. The van der Waals surface area contributed by atoms with Crippen molar-refractivity contribution in [3.05, 3.63) is 94.4 Å². The first-order chi connectivity index (χ1) is 15.0. The van der Waals surface area contributed by atoms with Crippen LogP contribution in [0, 0.1) is 6.92 Å². The first-order valence-corrected chi connectivity index (χ1v) is 10.9. The molecule has 4 aromatic rings. The van der Waals surface area contributed by atoms with Crippen LogP contribution < -0.4 is 10.9 Å². The van der Waals surface area contributed by atoms with Crippen molar-refractivity contribution in [2.24, 2.45) is 0 Å². The highest BCUT2D eigenvalue weighted by Gasteiger charge is 2.16. The van der Waals surface area contributed by atoms with Crippen molar-refractivity contribution in [2.75, 3.05) is 5.75 Å². The van der Waals surface area contributed by atoms with Gasteiger partial charge in [0.15, 0.2) is 5.16 Å². The molecule has 0 aliphatic carbocycles. The highest BCUT2D eigenvalue weighted by atomic mass is 32.2. The number of benzene rings is 2. The Bertz CT molecular complexity index is 1290. The molecule has 1 N–H and O–H groups in total. The maximum absolute atomic E-state index is 13.2. The van der Waals surface area contributed by atoms with Gasteiger partial charge in [-0.15, -0.1) is 0 Å². The van der Waals surface area contributed by atoms with Crippen LogP contribution in [0.3, 0.4) is 0 Å². The lowest BCUT2D eigenvalue weighted by atomic mass is 10.1. The zero-order valence-corrected chi connectivity index (χ0v) is 18.1. The molecule has 1 amide bonds. The number of pyridine rings is 1. The number of hydrogen-bond donors (Lipinski definition) is 1. The summed E-state index contributed by atoms with van der Waals surface area (Å²) < 4.78 is 1.48. The molecule has 2 aromatic heterocycles. The number of thioether (sulfide) groups is 1. The van der Waals surface area contributed by atoms with Gasteiger partial charge in [0, 0.05) is 6.20 Å². The van der Waals surface area contributed by atoms with Crippen LogP contribution >= 0.6 is 11.8 Å². The molecule has 0 aliphatic rings. The van der Waals surface area contributed by atoms with Crippen LogP contribution in [0.5, 0.6) is 0 Å². The molecule has 0 fully saturated rings. The van der Waals surface area contributed by atoms with Crippen molar-refractivity contribution in [1.82, 2.24) is 19.9 Å². The summed E-state index contributed by atoms with van der Waals surface area (Å²) in [7, 11) is 0. The second kappa shape index (κ2) is 9.14. The van der Waals surface area contributed by atoms with Crippen LogP contribution in [0.4, 0.5) is 0 Å². The fraction of sp³-hybridized carbons (Fsp3) is 0.167. The second-order valence-electron chi connectivity index (χ2n) is 7.23. The Morgan fingerprint density at radius 1 is 1.10 bits per heavy atom. The largest absolute Gasteiger partial charge is 0.349 e. The van der Waals surface area contributed by atoms with Gasteiger partial charge in [-0.3, -0.25) is 9.59 Å². The van der Waals surface area contributed by atoms with E-state index in [1.165, 1.54) is 16.3 Å². The number of aryl methyl sites for hydroxylation is 1. The number of aromatic nitrogens is 3. The van der Waals surface area contributed by atoms with E-state index in [2.05, 4.69) is 15.3 Å². The molecule has 0 bridgehead atoms. The Labute approximate surface area is 184 Å². The Morgan fingerprint density at radius 2 is 1.84 bits per heavy atom. The lowest BCUT2D eigenvalue weighted by Crippen LogP contribution is -2.29. The normalized spacial score (nSPS) is 11.9. The quantitative estimate of drug-likeness (QED) is 0.369. The van der Waals surface area contributed by atoms with Crippen molar-refractivity contribution in [1.29, 1.82) is 0 Å². The smallest absolute Gasteiger partial charge is 0.267 e. The fourth-order valence-corrected chi connectivity index (χ4v) is 4.10. The van der Waals surface area contributed by atoms with E-state index in [9.17, 15) is 9.59 Å². The van der Waals surface area contributed by atoms with Gasteiger partial charge in [0.05, 0.1) is 22.7 Å². The lowest BCUT2D eigenvalue weighted by Gasteiger charge is -2.15. The van der Waals surface area contributed by atoms with E-state index in [-0.39, 0.29) is 23.3 Å². The summed E-state index contributed by atoms with van der Waals surface area (Å²) in [6.45, 7) is 3.88.